The lowest BCUT2D eigenvalue weighted by molar-refractivity contribution is -0.154. The maximum absolute atomic E-state index is 11.9. The molecule has 0 atom stereocenters. The van der Waals surface area contributed by atoms with Crippen molar-refractivity contribution in [2.45, 2.75) is 91.6 Å². The normalized spacial score (nSPS) is 11.4. The van der Waals surface area contributed by atoms with Crippen molar-refractivity contribution in [2.24, 2.45) is 11.8 Å². The number of halogens is 1. The van der Waals surface area contributed by atoms with E-state index in [2.05, 4.69) is 0 Å². The molecule has 0 unspecified atom stereocenters. The summed E-state index contributed by atoms with van der Waals surface area (Å²) in [4.78, 5) is 23.5. The van der Waals surface area contributed by atoms with Crippen LogP contribution in [0.25, 0.3) is 0 Å². The van der Waals surface area contributed by atoms with E-state index in [-0.39, 0.29) is 30.9 Å². The first-order valence-electron chi connectivity index (χ1n) is 9.79. The Balaban J connectivity index is 3.64. The van der Waals surface area contributed by atoms with Gasteiger partial charge < -0.3 is 9.47 Å². The van der Waals surface area contributed by atoms with Crippen molar-refractivity contribution in [3.05, 3.63) is 0 Å². The average Bonchev–Trinajstić information content (AvgIpc) is 2.54. The van der Waals surface area contributed by atoms with Crippen LogP contribution in [0.2, 0.25) is 0 Å². The average molecular weight is 377 g/mol. The third kappa shape index (κ3) is 14.1. The molecule has 0 spiro atoms. The fraction of sp³-hybridized carbons (Fsp3) is 0.900. The number of ether oxygens (including phenoxy) is 2. The van der Waals surface area contributed by atoms with Crippen LogP contribution in [0.3, 0.4) is 0 Å². The maximum Gasteiger partial charge on any atom is 0.306 e. The van der Waals surface area contributed by atoms with Crippen molar-refractivity contribution in [3.63, 3.8) is 0 Å². The minimum Gasteiger partial charge on any atom is -0.466 e. The Morgan fingerprint density at radius 3 is 1.84 bits per heavy atom. The van der Waals surface area contributed by atoms with Crippen LogP contribution in [-0.2, 0) is 19.1 Å². The van der Waals surface area contributed by atoms with E-state index in [0.717, 1.165) is 31.6 Å². The van der Waals surface area contributed by atoms with Gasteiger partial charge in [-0.25, -0.2) is 0 Å². The number of alkyl halides is 1. The summed E-state index contributed by atoms with van der Waals surface area (Å²) < 4.78 is 10.7. The Bertz CT molecular complexity index is 348. The molecular weight excluding hydrogens is 340 g/mol. The van der Waals surface area contributed by atoms with Crippen molar-refractivity contribution in [1.29, 1.82) is 0 Å². The van der Waals surface area contributed by atoms with E-state index < -0.39 is 0 Å². The number of hydrogen-bond acceptors (Lipinski definition) is 4. The van der Waals surface area contributed by atoms with E-state index in [1.165, 1.54) is 12.8 Å². The lowest BCUT2D eigenvalue weighted by atomic mass is 9.96. The Kier molecular flexibility index (Phi) is 15.0. The highest BCUT2D eigenvalue weighted by Crippen LogP contribution is 2.17. The molecular formula is C20H37ClO4. The number of unbranched alkanes of at least 4 members (excludes halogenated alkanes) is 5. The molecule has 0 aliphatic heterocycles. The molecule has 4 nitrogen and oxygen atoms in total. The molecule has 0 aliphatic rings. The molecule has 0 N–H and O–H groups in total. The maximum atomic E-state index is 11.9. The number of hydrogen-bond donors (Lipinski definition) is 0. The number of carbonyl (C=O) groups excluding carboxylic acids is 2. The van der Waals surface area contributed by atoms with Crippen LogP contribution < -0.4 is 0 Å². The Hall–Kier alpha value is -0.770. The molecule has 0 aromatic carbocycles. The van der Waals surface area contributed by atoms with Gasteiger partial charge in [0.15, 0.2) is 0 Å². The van der Waals surface area contributed by atoms with Crippen molar-refractivity contribution in [1.82, 2.24) is 0 Å². The number of carbonyl (C=O) groups is 2. The fourth-order valence-electron chi connectivity index (χ4n) is 2.79. The molecule has 0 aromatic rings. The van der Waals surface area contributed by atoms with Crippen LogP contribution in [-0.4, -0.2) is 30.5 Å². The van der Waals surface area contributed by atoms with Crippen molar-refractivity contribution in [2.75, 3.05) is 12.5 Å². The number of rotatable bonds is 15. The summed E-state index contributed by atoms with van der Waals surface area (Å²) in [6.07, 6.45) is 7.55. The quantitative estimate of drug-likeness (QED) is 0.215. The smallest absolute Gasteiger partial charge is 0.306 e. The predicted octanol–water partition coefficient (Wildman–Crippen LogP) is 5.50. The van der Waals surface area contributed by atoms with Gasteiger partial charge in [0, 0.05) is 18.7 Å². The van der Waals surface area contributed by atoms with Gasteiger partial charge in [0.2, 0.25) is 0 Å². The highest BCUT2D eigenvalue weighted by Gasteiger charge is 2.21. The molecule has 0 saturated heterocycles. The standard InChI is InChI=1S/C20H37ClO4/c1-16(2)20(17(3)4)25-19(23)13-11-12-18(22)24-15-10-8-6-5-7-9-14-21/h16-17,20H,5-15H2,1-4H3. The second kappa shape index (κ2) is 15.5. The van der Waals surface area contributed by atoms with Crippen LogP contribution >= 0.6 is 11.6 Å². The summed E-state index contributed by atoms with van der Waals surface area (Å²) in [6, 6.07) is 0. The first-order chi connectivity index (χ1) is 11.9. The van der Waals surface area contributed by atoms with Crippen molar-refractivity contribution < 1.29 is 19.1 Å². The Morgan fingerprint density at radius 2 is 1.28 bits per heavy atom. The first kappa shape index (κ1) is 24.2. The topological polar surface area (TPSA) is 52.6 Å². The lowest BCUT2D eigenvalue weighted by Gasteiger charge is -2.24. The molecule has 0 radical (unpaired) electrons. The van der Waals surface area contributed by atoms with Gasteiger partial charge in [0.1, 0.15) is 6.10 Å². The summed E-state index contributed by atoms with van der Waals surface area (Å²) in [5.41, 5.74) is 0. The molecule has 0 heterocycles. The summed E-state index contributed by atoms with van der Waals surface area (Å²) in [5.74, 6) is 0.880. The summed E-state index contributed by atoms with van der Waals surface area (Å²) in [5, 5.41) is 0. The Morgan fingerprint density at radius 1 is 0.760 bits per heavy atom. The Labute approximate surface area is 159 Å². The second-order valence-electron chi connectivity index (χ2n) is 7.33. The highest BCUT2D eigenvalue weighted by atomic mass is 35.5. The molecule has 0 aromatic heterocycles. The van der Waals surface area contributed by atoms with E-state index in [0.29, 0.717) is 24.9 Å². The van der Waals surface area contributed by atoms with Gasteiger partial charge in [-0.3, -0.25) is 9.59 Å². The zero-order valence-corrected chi connectivity index (χ0v) is 17.3. The van der Waals surface area contributed by atoms with Crippen LogP contribution in [0.1, 0.15) is 85.5 Å². The van der Waals surface area contributed by atoms with Crippen molar-refractivity contribution in [3.8, 4) is 0 Å². The molecule has 0 amide bonds. The first-order valence-corrected chi connectivity index (χ1v) is 10.3. The molecule has 5 heteroatoms. The van der Waals surface area contributed by atoms with E-state index in [1.807, 2.05) is 27.7 Å². The molecule has 0 fully saturated rings. The third-order valence-electron chi connectivity index (χ3n) is 4.13. The van der Waals surface area contributed by atoms with Crippen LogP contribution in [0.4, 0.5) is 0 Å². The third-order valence-corrected chi connectivity index (χ3v) is 4.40. The van der Waals surface area contributed by atoms with Gasteiger partial charge in [-0.15, -0.1) is 11.6 Å². The van der Waals surface area contributed by atoms with Crippen molar-refractivity contribution >= 4 is 23.5 Å². The summed E-state index contributed by atoms with van der Waals surface area (Å²) in [6.45, 7) is 8.67. The lowest BCUT2D eigenvalue weighted by Crippen LogP contribution is -2.28. The fourth-order valence-corrected chi connectivity index (χ4v) is 2.98. The van der Waals surface area contributed by atoms with Crippen LogP contribution in [0, 0.1) is 11.8 Å². The zero-order chi connectivity index (χ0) is 19.1. The van der Waals surface area contributed by atoms with Gasteiger partial charge in [-0.2, -0.15) is 0 Å². The molecule has 0 rings (SSSR count). The van der Waals surface area contributed by atoms with E-state index in [9.17, 15) is 9.59 Å². The minimum absolute atomic E-state index is 0.0658. The van der Waals surface area contributed by atoms with E-state index in [4.69, 9.17) is 21.1 Å². The predicted molar refractivity (Wildman–Crippen MR) is 103 cm³/mol. The van der Waals surface area contributed by atoms with Gasteiger partial charge in [-0.05, 0) is 31.1 Å². The van der Waals surface area contributed by atoms with E-state index in [1.54, 1.807) is 0 Å². The van der Waals surface area contributed by atoms with Gasteiger partial charge in [0.05, 0.1) is 6.61 Å². The van der Waals surface area contributed by atoms with E-state index >= 15 is 0 Å². The molecule has 148 valence electrons. The monoisotopic (exact) mass is 376 g/mol. The summed E-state index contributed by atoms with van der Waals surface area (Å²) >= 11 is 5.63. The van der Waals surface area contributed by atoms with Crippen LogP contribution in [0.15, 0.2) is 0 Å². The highest BCUT2D eigenvalue weighted by molar-refractivity contribution is 6.17. The van der Waals surface area contributed by atoms with Gasteiger partial charge in [-0.1, -0.05) is 53.4 Å². The molecule has 0 saturated carbocycles. The minimum atomic E-state index is -0.225. The number of esters is 2. The molecule has 25 heavy (non-hydrogen) atoms. The zero-order valence-electron chi connectivity index (χ0n) is 16.5. The molecule has 0 bridgehead atoms. The largest absolute Gasteiger partial charge is 0.466 e. The summed E-state index contributed by atoms with van der Waals surface area (Å²) in [7, 11) is 0. The van der Waals surface area contributed by atoms with Crippen LogP contribution in [0.5, 0.6) is 0 Å². The SMILES string of the molecule is CC(C)C(OC(=O)CCCC(=O)OCCCCCCCCCl)C(C)C. The van der Waals surface area contributed by atoms with Gasteiger partial charge in [0.25, 0.3) is 0 Å². The molecule has 0 aliphatic carbocycles. The van der Waals surface area contributed by atoms with Gasteiger partial charge >= 0.3 is 11.9 Å². The second-order valence-corrected chi connectivity index (χ2v) is 7.70.